The van der Waals surface area contributed by atoms with Gasteiger partial charge in [0.25, 0.3) is 5.56 Å². The summed E-state index contributed by atoms with van der Waals surface area (Å²) in [5, 5.41) is 4.27. The van der Waals surface area contributed by atoms with E-state index in [1.165, 1.54) is 11.1 Å². The molecule has 1 aliphatic heterocycles. The minimum Gasteiger partial charge on any atom is -0.299 e. The molecule has 2 aromatic carbocycles. The third kappa shape index (κ3) is 4.17. The summed E-state index contributed by atoms with van der Waals surface area (Å²) in [7, 11) is 0. The van der Waals surface area contributed by atoms with Gasteiger partial charge in [0.2, 0.25) is 0 Å². The summed E-state index contributed by atoms with van der Waals surface area (Å²) < 4.78 is 1.60. The van der Waals surface area contributed by atoms with E-state index in [4.69, 9.17) is 0 Å². The number of aromatic nitrogens is 2. The molecule has 138 valence electrons. The fourth-order valence-electron chi connectivity index (χ4n) is 3.79. The van der Waals surface area contributed by atoms with Gasteiger partial charge in [-0.2, -0.15) is 5.10 Å². The second-order valence-corrected chi connectivity index (χ2v) is 7.14. The van der Waals surface area contributed by atoms with Crippen LogP contribution in [0.1, 0.15) is 24.0 Å². The lowest BCUT2D eigenvalue weighted by molar-refractivity contribution is 0.246. The van der Waals surface area contributed by atoms with Crippen LogP contribution in [0, 0.1) is 0 Å². The van der Waals surface area contributed by atoms with E-state index in [-0.39, 0.29) is 5.56 Å². The van der Waals surface area contributed by atoms with Crippen molar-refractivity contribution in [2.75, 3.05) is 13.1 Å². The fourth-order valence-corrected chi connectivity index (χ4v) is 3.79. The smallest absolute Gasteiger partial charge is 0.274 e. The van der Waals surface area contributed by atoms with Crippen molar-refractivity contribution in [3.8, 4) is 11.1 Å². The summed E-state index contributed by atoms with van der Waals surface area (Å²) in [6.07, 6.45) is 4.90. The molecule has 0 spiro atoms. The number of hydrogen-bond acceptors (Lipinski definition) is 3. The van der Waals surface area contributed by atoms with Gasteiger partial charge in [0.05, 0.1) is 5.56 Å². The molecule has 0 N–H and O–H groups in total. The maximum atomic E-state index is 12.7. The van der Waals surface area contributed by atoms with Crippen molar-refractivity contribution in [2.45, 2.75) is 32.4 Å². The molecule has 0 bridgehead atoms. The Hall–Kier alpha value is -2.72. The first kappa shape index (κ1) is 17.7. The Morgan fingerprint density at radius 3 is 2.44 bits per heavy atom. The molecule has 1 aromatic heterocycles. The van der Waals surface area contributed by atoms with E-state index >= 15 is 0 Å². The van der Waals surface area contributed by atoms with E-state index in [9.17, 15) is 4.79 Å². The summed E-state index contributed by atoms with van der Waals surface area (Å²) in [6.45, 7) is 3.90. The van der Waals surface area contributed by atoms with Gasteiger partial charge in [-0.15, -0.1) is 0 Å². The van der Waals surface area contributed by atoms with Crippen LogP contribution >= 0.6 is 0 Å². The number of aryl methyl sites for hydroxylation is 1. The number of benzene rings is 2. The van der Waals surface area contributed by atoms with Crippen LogP contribution in [0.4, 0.5) is 0 Å². The van der Waals surface area contributed by atoms with E-state index in [1.807, 2.05) is 30.3 Å². The predicted octanol–water partition coefficient (Wildman–Crippen LogP) is 3.75. The van der Waals surface area contributed by atoms with Gasteiger partial charge in [-0.05, 0) is 48.6 Å². The third-order valence-electron chi connectivity index (χ3n) is 5.30. The Balaban J connectivity index is 1.32. The lowest BCUT2D eigenvalue weighted by atomic mass is 10.00. The fraction of sp³-hybridized carbons (Fsp3) is 0.304. The number of hydrogen-bond donors (Lipinski definition) is 0. The molecule has 4 rings (SSSR count). The second kappa shape index (κ2) is 8.31. The summed E-state index contributed by atoms with van der Waals surface area (Å²) >= 11 is 0. The van der Waals surface area contributed by atoms with Crippen molar-refractivity contribution < 1.29 is 0 Å². The van der Waals surface area contributed by atoms with E-state index in [0.717, 1.165) is 50.0 Å². The van der Waals surface area contributed by atoms with Crippen LogP contribution < -0.4 is 5.56 Å². The molecule has 4 heteroatoms. The van der Waals surface area contributed by atoms with Gasteiger partial charge in [0.15, 0.2) is 0 Å². The minimum atomic E-state index is -0.00407. The molecule has 0 fully saturated rings. The summed E-state index contributed by atoms with van der Waals surface area (Å²) in [4.78, 5) is 15.2. The molecule has 4 nitrogen and oxygen atoms in total. The van der Waals surface area contributed by atoms with Crippen LogP contribution in [0.2, 0.25) is 0 Å². The Bertz CT molecular complexity index is 949. The summed E-state index contributed by atoms with van der Waals surface area (Å²) in [5.74, 6) is 0. The predicted molar refractivity (Wildman–Crippen MR) is 109 cm³/mol. The van der Waals surface area contributed by atoms with Crippen LogP contribution in [0.25, 0.3) is 11.1 Å². The molecule has 3 aromatic rings. The van der Waals surface area contributed by atoms with Gasteiger partial charge >= 0.3 is 0 Å². The largest absolute Gasteiger partial charge is 0.299 e. The topological polar surface area (TPSA) is 38.1 Å². The molecule has 2 heterocycles. The van der Waals surface area contributed by atoms with Gasteiger partial charge in [-0.1, -0.05) is 54.6 Å². The molecule has 0 radical (unpaired) electrons. The molecule has 0 amide bonds. The lowest BCUT2D eigenvalue weighted by Gasteiger charge is -2.28. The zero-order valence-electron chi connectivity index (χ0n) is 15.6. The average Bonchev–Trinajstić information content (AvgIpc) is 2.73. The molecule has 0 saturated heterocycles. The first-order chi connectivity index (χ1) is 13.3. The van der Waals surface area contributed by atoms with Crippen molar-refractivity contribution in [1.29, 1.82) is 0 Å². The number of fused-ring (bicyclic) bond motifs is 1. The van der Waals surface area contributed by atoms with E-state index in [1.54, 1.807) is 16.9 Å². The third-order valence-corrected chi connectivity index (χ3v) is 5.30. The van der Waals surface area contributed by atoms with Crippen molar-refractivity contribution in [1.82, 2.24) is 14.7 Å². The maximum Gasteiger partial charge on any atom is 0.274 e. The monoisotopic (exact) mass is 359 g/mol. The van der Waals surface area contributed by atoms with Gasteiger partial charge in [0, 0.05) is 25.8 Å². The molecular formula is C23H25N3O. The van der Waals surface area contributed by atoms with Gasteiger partial charge in [0.1, 0.15) is 0 Å². The Labute approximate surface area is 160 Å². The van der Waals surface area contributed by atoms with Gasteiger partial charge in [-0.25, -0.2) is 4.68 Å². The lowest BCUT2D eigenvalue weighted by Crippen LogP contribution is -2.31. The minimum absolute atomic E-state index is 0.00407. The van der Waals surface area contributed by atoms with E-state index in [0.29, 0.717) is 6.54 Å². The maximum absolute atomic E-state index is 12.7. The highest BCUT2D eigenvalue weighted by molar-refractivity contribution is 5.61. The molecule has 27 heavy (non-hydrogen) atoms. The van der Waals surface area contributed by atoms with Crippen LogP contribution in [0.5, 0.6) is 0 Å². The van der Waals surface area contributed by atoms with Crippen molar-refractivity contribution in [3.05, 3.63) is 88.3 Å². The van der Waals surface area contributed by atoms with Crippen LogP contribution in [-0.2, 0) is 19.5 Å². The highest BCUT2D eigenvalue weighted by Crippen LogP contribution is 2.18. The zero-order chi connectivity index (χ0) is 18.5. The molecular weight excluding hydrogens is 334 g/mol. The quantitative estimate of drug-likeness (QED) is 0.629. The highest BCUT2D eigenvalue weighted by Gasteiger charge is 2.15. The summed E-state index contributed by atoms with van der Waals surface area (Å²) in [6, 6.07) is 20.3. The molecule has 0 unspecified atom stereocenters. The highest BCUT2D eigenvalue weighted by atomic mass is 16.1. The van der Waals surface area contributed by atoms with E-state index in [2.05, 4.69) is 34.3 Å². The Morgan fingerprint density at radius 1 is 0.852 bits per heavy atom. The Kier molecular flexibility index (Phi) is 5.45. The normalized spacial score (nSPS) is 14.1. The first-order valence-corrected chi connectivity index (χ1v) is 9.72. The molecule has 0 atom stereocenters. The van der Waals surface area contributed by atoms with Crippen LogP contribution in [0.3, 0.4) is 0 Å². The van der Waals surface area contributed by atoms with E-state index < -0.39 is 0 Å². The molecule has 0 saturated carbocycles. The number of rotatable bonds is 6. The van der Waals surface area contributed by atoms with Gasteiger partial charge < -0.3 is 0 Å². The van der Waals surface area contributed by atoms with Crippen molar-refractivity contribution in [2.24, 2.45) is 0 Å². The molecule has 0 aliphatic carbocycles. The van der Waals surface area contributed by atoms with Crippen LogP contribution in [0.15, 0.2) is 71.7 Å². The van der Waals surface area contributed by atoms with Gasteiger partial charge in [-0.3, -0.25) is 9.69 Å². The first-order valence-electron chi connectivity index (χ1n) is 9.72. The average molecular weight is 359 g/mol. The zero-order valence-corrected chi connectivity index (χ0v) is 15.6. The number of unbranched alkanes of at least 4 members (excludes halogenated alkanes) is 1. The van der Waals surface area contributed by atoms with Crippen molar-refractivity contribution in [3.63, 3.8) is 0 Å². The van der Waals surface area contributed by atoms with Crippen molar-refractivity contribution >= 4 is 0 Å². The number of nitrogens with zero attached hydrogens (tertiary/aromatic N) is 3. The second-order valence-electron chi connectivity index (χ2n) is 7.14. The standard InChI is InChI=1S/C23H25N3O/c27-23-22(20-9-2-1-3-10-20)12-14-24-26(23)16-7-6-15-25-17-13-19-8-4-5-11-21(19)18-25/h1-5,8-12,14H,6-7,13,15-18H2. The summed E-state index contributed by atoms with van der Waals surface area (Å²) in [5.41, 5.74) is 4.61. The Morgan fingerprint density at radius 2 is 1.59 bits per heavy atom. The molecule has 1 aliphatic rings. The van der Waals surface area contributed by atoms with Crippen LogP contribution in [-0.4, -0.2) is 27.8 Å². The SMILES string of the molecule is O=c1c(-c2ccccc2)ccnn1CCCCN1CCc2ccccc2C1.